The molecular formula is C17H26N2O3. The van der Waals surface area contributed by atoms with Crippen LogP contribution in [0, 0.1) is 13.8 Å². The van der Waals surface area contributed by atoms with Crippen LogP contribution in [0.4, 0.5) is 0 Å². The molecule has 5 nitrogen and oxygen atoms in total. The lowest BCUT2D eigenvalue weighted by Crippen LogP contribution is -2.33. The van der Waals surface area contributed by atoms with E-state index in [1.807, 2.05) is 32.0 Å². The number of benzene rings is 1. The number of hydrogen-bond donors (Lipinski definition) is 2. The molecule has 0 unspecified atom stereocenters. The van der Waals surface area contributed by atoms with Crippen LogP contribution in [0.1, 0.15) is 34.3 Å². The summed E-state index contributed by atoms with van der Waals surface area (Å²) in [5.74, 6) is -0.0813. The number of nitrogens with one attached hydrogen (secondary N) is 2. The first-order valence-corrected chi connectivity index (χ1v) is 7.61. The zero-order valence-electron chi connectivity index (χ0n) is 13.7. The summed E-state index contributed by atoms with van der Waals surface area (Å²) in [6, 6.07) is 5.64. The predicted molar refractivity (Wildman–Crippen MR) is 87.2 cm³/mol. The minimum Gasteiger partial charge on any atom is -0.383 e. The Bertz CT molecular complexity index is 501. The zero-order valence-corrected chi connectivity index (χ0v) is 13.7. The van der Waals surface area contributed by atoms with Crippen LogP contribution in [0.2, 0.25) is 0 Å². The summed E-state index contributed by atoms with van der Waals surface area (Å²) in [5, 5.41) is 5.93. The topological polar surface area (TPSA) is 67.4 Å². The van der Waals surface area contributed by atoms with E-state index in [9.17, 15) is 9.59 Å². The molecule has 122 valence electrons. The van der Waals surface area contributed by atoms with Crippen LogP contribution in [0.5, 0.6) is 0 Å². The van der Waals surface area contributed by atoms with E-state index < -0.39 is 0 Å². The fourth-order valence-corrected chi connectivity index (χ4v) is 1.96. The van der Waals surface area contributed by atoms with Gasteiger partial charge in [-0.3, -0.25) is 9.59 Å². The summed E-state index contributed by atoms with van der Waals surface area (Å²) < 4.78 is 4.90. The highest BCUT2D eigenvalue weighted by Gasteiger charge is 2.09. The number of methoxy groups -OCH3 is 1. The van der Waals surface area contributed by atoms with Gasteiger partial charge in [-0.05, 0) is 31.0 Å². The molecule has 1 aromatic carbocycles. The molecule has 0 aliphatic carbocycles. The summed E-state index contributed by atoms with van der Waals surface area (Å²) >= 11 is 0. The molecule has 22 heavy (non-hydrogen) atoms. The van der Waals surface area contributed by atoms with Crippen molar-refractivity contribution in [3.63, 3.8) is 0 Å². The van der Waals surface area contributed by atoms with Crippen molar-refractivity contribution in [3.05, 3.63) is 34.9 Å². The highest BCUT2D eigenvalue weighted by molar-refractivity contribution is 5.98. The quantitative estimate of drug-likeness (QED) is 0.509. The lowest BCUT2D eigenvalue weighted by molar-refractivity contribution is -0.121. The number of amides is 1. The van der Waals surface area contributed by atoms with E-state index in [1.165, 1.54) is 0 Å². The number of ketones is 1. The van der Waals surface area contributed by atoms with Gasteiger partial charge in [0.1, 0.15) is 0 Å². The van der Waals surface area contributed by atoms with Crippen LogP contribution in [0.25, 0.3) is 0 Å². The molecule has 0 aliphatic rings. The average Bonchev–Trinajstić information content (AvgIpc) is 2.51. The van der Waals surface area contributed by atoms with Gasteiger partial charge < -0.3 is 15.4 Å². The average molecular weight is 306 g/mol. The Morgan fingerprint density at radius 1 is 1.05 bits per heavy atom. The summed E-state index contributed by atoms with van der Waals surface area (Å²) in [5.41, 5.74) is 2.94. The summed E-state index contributed by atoms with van der Waals surface area (Å²) in [7, 11) is 1.65. The molecule has 0 bridgehead atoms. The van der Waals surface area contributed by atoms with Crippen LogP contribution in [-0.4, -0.2) is 45.0 Å². The smallest absolute Gasteiger partial charge is 0.220 e. The zero-order chi connectivity index (χ0) is 16.4. The first-order valence-electron chi connectivity index (χ1n) is 7.61. The SMILES string of the molecule is COCCNCCNC(=O)CCC(=O)c1ccc(C)c(C)c1. The van der Waals surface area contributed by atoms with Gasteiger partial charge in [-0.15, -0.1) is 0 Å². The molecule has 5 heteroatoms. The van der Waals surface area contributed by atoms with Crippen molar-refractivity contribution in [3.8, 4) is 0 Å². The van der Waals surface area contributed by atoms with Crippen molar-refractivity contribution < 1.29 is 14.3 Å². The lowest BCUT2D eigenvalue weighted by Gasteiger charge is -2.07. The number of aryl methyl sites for hydroxylation is 2. The highest BCUT2D eigenvalue weighted by Crippen LogP contribution is 2.12. The summed E-state index contributed by atoms with van der Waals surface area (Å²) in [4.78, 5) is 23.7. The van der Waals surface area contributed by atoms with Crippen molar-refractivity contribution >= 4 is 11.7 Å². The molecule has 0 aromatic heterocycles. The maximum atomic E-state index is 12.1. The number of rotatable bonds is 10. The Balaban J connectivity index is 2.23. The Morgan fingerprint density at radius 2 is 1.82 bits per heavy atom. The number of ether oxygens (including phenoxy) is 1. The third kappa shape index (κ3) is 6.83. The van der Waals surface area contributed by atoms with Crippen LogP contribution < -0.4 is 10.6 Å². The second-order valence-electron chi connectivity index (χ2n) is 5.31. The van der Waals surface area contributed by atoms with Gasteiger partial charge in [0.25, 0.3) is 0 Å². The number of Topliss-reactive ketones (excluding diaryl/α,β-unsaturated/α-hetero) is 1. The molecule has 0 saturated carbocycles. The van der Waals surface area contributed by atoms with Crippen molar-refractivity contribution in [1.29, 1.82) is 0 Å². The Kier molecular flexibility index (Phi) is 8.40. The third-order valence-corrected chi connectivity index (χ3v) is 3.51. The molecule has 0 radical (unpaired) electrons. The van der Waals surface area contributed by atoms with Gasteiger partial charge in [0, 0.05) is 45.1 Å². The fourth-order valence-electron chi connectivity index (χ4n) is 1.96. The number of carbonyl (C=O) groups excluding carboxylic acids is 2. The molecule has 0 atom stereocenters. The Labute approximate surface area is 132 Å². The molecule has 0 spiro atoms. The van der Waals surface area contributed by atoms with Crippen LogP contribution in [0.15, 0.2) is 18.2 Å². The van der Waals surface area contributed by atoms with E-state index in [-0.39, 0.29) is 24.5 Å². The minimum atomic E-state index is -0.0919. The van der Waals surface area contributed by atoms with Gasteiger partial charge in [-0.1, -0.05) is 12.1 Å². The van der Waals surface area contributed by atoms with E-state index >= 15 is 0 Å². The Hall–Kier alpha value is -1.72. The van der Waals surface area contributed by atoms with Gasteiger partial charge in [-0.2, -0.15) is 0 Å². The minimum absolute atomic E-state index is 0.0106. The molecule has 0 saturated heterocycles. The first-order chi connectivity index (χ1) is 10.5. The van der Waals surface area contributed by atoms with Gasteiger partial charge >= 0.3 is 0 Å². The molecule has 0 heterocycles. The summed E-state index contributed by atoms with van der Waals surface area (Å²) in [6.07, 6.45) is 0.468. The van der Waals surface area contributed by atoms with Gasteiger partial charge in [0.05, 0.1) is 6.61 Å². The largest absolute Gasteiger partial charge is 0.383 e. The summed E-state index contributed by atoms with van der Waals surface area (Å²) in [6.45, 7) is 6.66. The highest BCUT2D eigenvalue weighted by atomic mass is 16.5. The van der Waals surface area contributed by atoms with Crippen LogP contribution in [-0.2, 0) is 9.53 Å². The molecule has 1 rings (SSSR count). The first kappa shape index (κ1) is 18.3. The normalized spacial score (nSPS) is 10.5. The predicted octanol–water partition coefficient (Wildman–Crippen LogP) is 1.62. The molecular weight excluding hydrogens is 280 g/mol. The van der Waals surface area contributed by atoms with E-state index in [2.05, 4.69) is 10.6 Å². The van der Waals surface area contributed by atoms with E-state index in [4.69, 9.17) is 4.74 Å². The third-order valence-electron chi connectivity index (χ3n) is 3.51. The molecule has 0 fully saturated rings. The number of hydrogen-bond acceptors (Lipinski definition) is 4. The van der Waals surface area contributed by atoms with Gasteiger partial charge in [0.2, 0.25) is 5.91 Å². The van der Waals surface area contributed by atoms with Crippen LogP contribution >= 0.6 is 0 Å². The Morgan fingerprint density at radius 3 is 2.50 bits per heavy atom. The van der Waals surface area contributed by atoms with Gasteiger partial charge in [0.15, 0.2) is 5.78 Å². The van der Waals surface area contributed by atoms with Crippen LogP contribution in [0.3, 0.4) is 0 Å². The van der Waals surface area contributed by atoms with E-state index in [0.29, 0.717) is 25.3 Å². The van der Waals surface area contributed by atoms with Crippen molar-refractivity contribution in [2.24, 2.45) is 0 Å². The maximum Gasteiger partial charge on any atom is 0.220 e. The monoisotopic (exact) mass is 306 g/mol. The molecule has 1 amide bonds. The van der Waals surface area contributed by atoms with E-state index in [1.54, 1.807) is 7.11 Å². The van der Waals surface area contributed by atoms with E-state index in [0.717, 1.165) is 17.7 Å². The second-order valence-corrected chi connectivity index (χ2v) is 5.31. The molecule has 2 N–H and O–H groups in total. The molecule has 0 aliphatic heterocycles. The lowest BCUT2D eigenvalue weighted by atomic mass is 10.0. The second kappa shape index (κ2) is 10.1. The fraction of sp³-hybridized carbons (Fsp3) is 0.529. The van der Waals surface area contributed by atoms with Crippen molar-refractivity contribution in [1.82, 2.24) is 10.6 Å². The van der Waals surface area contributed by atoms with Crippen molar-refractivity contribution in [2.45, 2.75) is 26.7 Å². The molecule has 1 aromatic rings. The van der Waals surface area contributed by atoms with Crippen molar-refractivity contribution in [2.75, 3.05) is 33.4 Å². The maximum absolute atomic E-state index is 12.1. The van der Waals surface area contributed by atoms with Gasteiger partial charge in [-0.25, -0.2) is 0 Å². The number of carbonyl (C=O) groups is 2. The standard InChI is InChI=1S/C17H26N2O3/c1-13-4-5-15(12-14(13)2)16(20)6-7-17(21)19-9-8-18-10-11-22-3/h4-5,12,18H,6-11H2,1-3H3,(H,19,21).